The summed E-state index contributed by atoms with van der Waals surface area (Å²) in [5.41, 5.74) is 2.91. The fourth-order valence-corrected chi connectivity index (χ4v) is 3.15. The van der Waals surface area contributed by atoms with Gasteiger partial charge in [0.15, 0.2) is 0 Å². The molecule has 0 saturated heterocycles. The van der Waals surface area contributed by atoms with Crippen LogP contribution in [0.4, 0.5) is 5.69 Å². The number of carbonyl (C=O) groups excluding carboxylic acids is 1. The van der Waals surface area contributed by atoms with E-state index in [2.05, 4.69) is 19.2 Å². The molecule has 0 saturated carbocycles. The lowest BCUT2D eigenvalue weighted by Crippen LogP contribution is -2.27. The third-order valence-corrected chi connectivity index (χ3v) is 4.78. The van der Waals surface area contributed by atoms with E-state index in [1.807, 2.05) is 26.0 Å². The van der Waals surface area contributed by atoms with Crippen LogP contribution in [0.25, 0.3) is 0 Å². The van der Waals surface area contributed by atoms with Crippen LogP contribution in [-0.4, -0.2) is 17.9 Å². The van der Waals surface area contributed by atoms with E-state index >= 15 is 0 Å². The van der Waals surface area contributed by atoms with Gasteiger partial charge in [-0.3, -0.25) is 14.9 Å². The number of methoxy groups -OCH3 is 1. The summed E-state index contributed by atoms with van der Waals surface area (Å²) in [6.07, 6.45) is 0. The Morgan fingerprint density at radius 2 is 1.85 bits per heavy atom. The maximum Gasteiger partial charge on any atom is 0.288 e. The second-order valence-electron chi connectivity index (χ2n) is 6.72. The predicted molar refractivity (Wildman–Crippen MR) is 106 cm³/mol. The zero-order valence-corrected chi connectivity index (χ0v) is 16.8. The second kappa shape index (κ2) is 8.39. The molecule has 0 aromatic heterocycles. The van der Waals surface area contributed by atoms with Gasteiger partial charge in [-0.15, -0.1) is 0 Å². The number of nitrogens with one attached hydrogen (secondary N) is 1. The van der Waals surface area contributed by atoms with Crippen molar-refractivity contribution in [3.63, 3.8) is 0 Å². The highest BCUT2D eigenvalue weighted by Crippen LogP contribution is 2.32. The van der Waals surface area contributed by atoms with Crippen LogP contribution in [0.2, 0.25) is 5.02 Å². The lowest BCUT2D eigenvalue weighted by Gasteiger charge is -2.21. The minimum Gasteiger partial charge on any atom is -0.496 e. The van der Waals surface area contributed by atoms with Crippen LogP contribution < -0.4 is 10.1 Å². The van der Waals surface area contributed by atoms with E-state index in [1.165, 1.54) is 18.2 Å². The van der Waals surface area contributed by atoms with Crippen molar-refractivity contribution >= 4 is 23.2 Å². The molecule has 1 atom stereocenters. The van der Waals surface area contributed by atoms with Gasteiger partial charge in [0.1, 0.15) is 10.8 Å². The standard InChI is InChI=1S/C20H23ClN2O4/c1-11(2)15-10-16(12(3)8-19(15)27-5)13(4)22-20(24)14-6-7-17(21)18(9-14)23(25)26/h6-11,13H,1-5H3,(H,22,24)/t13-/m1/s1. The lowest BCUT2D eigenvalue weighted by atomic mass is 9.93. The Hall–Kier alpha value is -2.60. The number of hydrogen-bond acceptors (Lipinski definition) is 4. The quantitative estimate of drug-likeness (QED) is 0.544. The van der Waals surface area contributed by atoms with Crippen LogP contribution in [0.5, 0.6) is 5.75 Å². The van der Waals surface area contributed by atoms with Gasteiger partial charge in [-0.2, -0.15) is 0 Å². The van der Waals surface area contributed by atoms with Gasteiger partial charge in [-0.05, 0) is 60.7 Å². The molecule has 1 N–H and O–H groups in total. The van der Waals surface area contributed by atoms with Crippen molar-refractivity contribution in [1.82, 2.24) is 5.32 Å². The van der Waals surface area contributed by atoms with Gasteiger partial charge in [-0.1, -0.05) is 25.4 Å². The average molecular weight is 391 g/mol. The molecule has 144 valence electrons. The highest BCUT2D eigenvalue weighted by Gasteiger charge is 2.20. The molecular formula is C20H23ClN2O4. The molecule has 0 spiro atoms. The first-order chi connectivity index (χ1) is 12.6. The van der Waals surface area contributed by atoms with Crippen LogP contribution in [0.1, 0.15) is 59.8 Å². The van der Waals surface area contributed by atoms with E-state index in [1.54, 1.807) is 7.11 Å². The van der Waals surface area contributed by atoms with Gasteiger partial charge >= 0.3 is 0 Å². The Bertz CT molecular complexity index is 881. The number of carbonyl (C=O) groups is 1. The second-order valence-corrected chi connectivity index (χ2v) is 7.13. The molecule has 2 aromatic rings. The van der Waals surface area contributed by atoms with Gasteiger partial charge in [0.2, 0.25) is 0 Å². The van der Waals surface area contributed by atoms with E-state index in [0.717, 1.165) is 22.4 Å². The molecule has 2 aromatic carbocycles. The summed E-state index contributed by atoms with van der Waals surface area (Å²) in [4.78, 5) is 23.0. The molecule has 1 amide bonds. The zero-order valence-electron chi connectivity index (χ0n) is 16.0. The van der Waals surface area contributed by atoms with Crippen molar-refractivity contribution < 1.29 is 14.5 Å². The SMILES string of the molecule is COc1cc(C)c([C@@H](C)NC(=O)c2ccc(Cl)c([N+](=O)[O-])c2)cc1C(C)C. The van der Waals surface area contributed by atoms with Gasteiger partial charge < -0.3 is 10.1 Å². The largest absolute Gasteiger partial charge is 0.496 e. The third-order valence-electron chi connectivity index (χ3n) is 4.46. The molecule has 0 aliphatic carbocycles. The highest BCUT2D eigenvalue weighted by molar-refractivity contribution is 6.32. The normalized spacial score (nSPS) is 12.0. The van der Waals surface area contributed by atoms with E-state index < -0.39 is 10.8 Å². The zero-order chi connectivity index (χ0) is 20.3. The van der Waals surface area contributed by atoms with Gasteiger partial charge in [-0.25, -0.2) is 0 Å². The van der Waals surface area contributed by atoms with Crippen molar-refractivity contribution in [3.8, 4) is 5.75 Å². The number of amides is 1. The topological polar surface area (TPSA) is 81.5 Å². The molecular weight excluding hydrogens is 368 g/mol. The molecule has 0 bridgehead atoms. The van der Waals surface area contributed by atoms with Crippen LogP contribution in [0, 0.1) is 17.0 Å². The number of benzene rings is 2. The van der Waals surface area contributed by atoms with Crippen LogP contribution >= 0.6 is 11.6 Å². The Kier molecular flexibility index (Phi) is 6.44. The summed E-state index contributed by atoms with van der Waals surface area (Å²) in [6, 6.07) is 7.72. The molecule has 0 radical (unpaired) electrons. The van der Waals surface area contributed by atoms with E-state index in [-0.39, 0.29) is 28.2 Å². The van der Waals surface area contributed by atoms with Crippen LogP contribution in [0.15, 0.2) is 30.3 Å². The number of hydrogen-bond donors (Lipinski definition) is 1. The maximum absolute atomic E-state index is 12.6. The van der Waals surface area contributed by atoms with Crippen LogP contribution in [-0.2, 0) is 0 Å². The van der Waals surface area contributed by atoms with Gasteiger partial charge in [0.25, 0.3) is 11.6 Å². The first-order valence-electron chi connectivity index (χ1n) is 8.59. The monoisotopic (exact) mass is 390 g/mol. The fraction of sp³-hybridized carbons (Fsp3) is 0.350. The third kappa shape index (κ3) is 4.57. The molecule has 7 heteroatoms. The number of ether oxygens (including phenoxy) is 1. The number of nitrogens with zero attached hydrogens (tertiary/aromatic N) is 1. The number of nitro benzene ring substituents is 1. The number of rotatable bonds is 6. The maximum atomic E-state index is 12.6. The first kappa shape index (κ1) is 20.7. The van der Waals surface area contributed by atoms with Crippen molar-refractivity contribution in [3.05, 3.63) is 67.7 Å². The van der Waals surface area contributed by atoms with E-state index in [4.69, 9.17) is 16.3 Å². The fourth-order valence-electron chi connectivity index (χ4n) is 2.96. The molecule has 0 heterocycles. The number of halogens is 1. The Morgan fingerprint density at radius 1 is 1.19 bits per heavy atom. The van der Waals surface area contributed by atoms with Gasteiger partial charge in [0, 0.05) is 11.6 Å². The molecule has 27 heavy (non-hydrogen) atoms. The summed E-state index contributed by atoms with van der Waals surface area (Å²) in [5, 5.41) is 13.9. The molecule has 0 aliphatic heterocycles. The van der Waals surface area contributed by atoms with Crippen molar-refractivity contribution in [2.75, 3.05) is 7.11 Å². The summed E-state index contributed by atoms with van der Waals surface area (Å²) in [5.74, 6) is 0.683. The van der Waals surface area contributed by atoms with Crippen molar-refractivity contribution in [2.45, 2.75) is 39.7 Å². The van der Waals surface area contributed by atoms with Crippen molar-refractivity contribution in [2.24, 2.45) is 0 Å². The van der Waals surface area contributed by atoms with Crippen molar-refractivity contribution in [1.29, 1.82) is 0 Å². The molecule has 2 rings (SSSR count). The average Bonchev–Trinajstić information content (AvgIpc) is 2.60. The molecule has 0 aliphatic rings. The summed E-state index contributed by atoms with van der Waals surface area (Å²) >= 11 is 5.81. The van der Waals surface area contributed by atoms with E-state index in [0.29, 0.717) is 0 Å². The lowest BCUT2D eigenvalue weighted by molar-refractivity contribution is -0.384. The first-order valence-corrected chi connectivity index (χ1v) is 8.96. The molecule has 6 nitrogen and oxygen atoms in total. The summed E-state index contributed by atoms with van der Waals surface area (Å²) < 4.78 is 5.46. The molecule has 0 unspecified atom stereocenters. The Labute approximate surface area is 163 Å². The minimum atomic E-state index is -0.606. The Balaban J connectivity index is 2.30. The predicted octanol–water partition coefficient (Wildman–Crippen LogP) is 5.18. The Morgan fingerprint density at radius 3 is 2.41 bits per heavy atom. The molecule has 0 fully saturated rings. The van der Waals surface area contributed by atoms with Gasteiger partial charge in [0.05, 0.1) is 18.1 Å². The van der Waals surface area contributed by atoms with E-state index in [9.17, 15) is 14.9 Å². The number of nitro groups is 1. The number of aryl methyl sites for hydroxylation is 1. The minimum absolute atomic E-state index is 0.00262. The highest BCUT2D eigenvalue weighted by atomic mass is 35.5. The smallest absolute Gasteiger partial charge is 0.288 e. The van der Waals surface area contributed by atoms with Crippen LogP contribution in [0.3, 0.4) is 0 Å². The summed E-state index contributed by atoms with van der Waals surface area (Å²) in [6.45, 7) is 7.99. The summed E-state index contributed by atoms with van der Waals surface area (Å²) in [7, 11) is 1.64.